The number of hydrogen-bond acceptors (Lipinski definition) is 4. The smallest absolute Gasteiger partial charge is 0.411 e. The molecule has 2 amide bonds. The number of carboxylic acids is 1. The Kier molecular flexibility index (Phi) is 5.34. The number of nitrogens with one attached hydrogen (secondary N) is 2. The van der Waals surface area contributed by atoms with E-state index in [0.29, 0.717) is 11.4 Å². The Bertz CT molecular complexity index is 487. The van der Waals surface area contributed by atoms with E-state index in [1.165, 1.54) is 13.2 Å². The van der Waals surface area contributed by atoms with Crippen molar-refractivity contribution in [2.45, 2.75) is 12.8 Å². The lowest BCUT2D eigenvalue weighted by atomic mass is 10.2. The van der Waals surface area contributed by atoms with Crippen molar-refractivity contribution in [2.75, 3.05) is 17.7 Å². The zero-order valence-electron chi connectivity index (χ0n) is 10.3. The highest BCUT2D eigenvalue weighted by molar-refractivity contribution is 5.93. The fourth-order valence-corrected chi connectivity index (χ4v) is 1.29. The van der Waals surface area contributed by atoms with E-state index < -0.39 is 18.0 Å². The Morgan fingerprint density at radius 2 is 1.79 bits per heavy atom. The van der Waals surface area contributed by atoms with Crippen LogP contribution in [0.15, 0.2) is 24.3 Å². The minimum Gasteiger partial charge on any atom is -0.481 e. The molecule has 0 unspecified atom stereocenters. The summed E-state index contributed by atoms with van der Waals surface area (Å²) >= 11 is 0. The molecule has 1 aromatic rings. The van der Waals surface area contributed by atoms with Crippen molar-refractivity contribution < 1.29 is 24.2 Å². The number of benzene rings is 1. The highest BCUT2D eigenvalue weighted by atomic mass is 16.5. The van der Waals surface area contributed by atoms with Crippen LogP contribution in [0.5, 0.6) is 0 Å². The molecule has 0 spiro atoms. The topological polar surface area (TPSA) is 105 Å². The molecule has 3 N–H and O–H groups in total. The van der Waals surface area contributed by atoms with E-state index in [0.717, 1.165) is 0 Å². The van der Waals surface area contributed by atoms with E-state index in [2.05, 4.69) is 15.4 Å². The van der Waals surface area contributed by atoms with E-state index in [4.69, 9.17) is 5.11 Å². The Labute approximate surface area is 109 Å². The van der Waals surface area contributed by atoms with Crippen LogP contribution in [0.4, 0.5) is 16.2 Å². The van der Waals surface area contributed by atoms with Gasteiger partial charge in [-0.3, -0.25) is 14.9 Å². The summed E-state index contributed by atoms with van der Waals surface area (Å²) in [6.45, 7) is 0. The molecule has 0 bridgehead atoms. The largest absolute Gasteiger partial charge is 0.481 e. The third kappa shape index (κ3) is 5.53. The van der Waals surface area contributed by atoms with Gasteiger partial charge in [0, 0.05) is 17.8 Å². The van der Waals surface area contributed by atoms with Crippen molar-refractivity contribution in [3.05, 3.63) is 24.3 Å². The molecule has 1 rings (SSSR count). The molecule has 7 heteroatoms. The van der Waals surface area contributed by atoms with Crippen LogP contribution in [-0.4, -0.2) is 30.2 Å². The number of ether oxygens (including phenoxy) is 1. The maximum atomic E-state index is 11.4. The van der Waals surface area contributed by atoms with Gasteiger partial charge in [-0.2, -0.15) is 0 Å². The number of hydrogen-bond donors (Lipinski definition) is 3. The van der Waals surface area contributed by atoms with Gasteiger partial charge in [-0.05, 0) is 18.2 Å². The molecular weight excluding hydrogens is 252 g/mol. The molecule has 1 aromatic carbocycles. The van der Waals surface area contributed by atoms with Crippen LogP contribution >= 0.6 is 0 Å². The monoisotopic (exact) mass is 266 g/mol. The predicted molar refractivity (Wildman–Crippen MR) is 68.0 cm³/mol. The number of carbonyl (C=O) groups excluding carboxylic acids is 2. The van der Waals surface area contributed by atoms with Gasteiger partial charge in [0.2, 0.25) is 5.91 Å². The van der Waals surface area contributed by atoms with Gasteiger partial charge in [-0.15, -0.1) is 0 Å². The normalized spacial score (nSPS) is 9.53. The van der Waals surface area contributed by atoms with Crippen LogP contribution in [0.1, 0.15) is 12.8 Å². The van der Waals surface area contributed by atoms with E-state index >= 15 is 0 Å². The fourth-order valence-electron chi connectivity index (χ4n) is 1.29. The molecule has 7 nitrogen and oxygen atoms in total. The van der Waals surface area contributed by atoms with Gasteiger partial charge in [-0.1, -0.05) is 6.07 Å². The quantitative estimate of drug-likeness (QED) is 0.751. The summed E-state index contributed by atoms with van der Waals surface area (Å²) in [6, 6.07) is 6.43. The summed E-state index contributed by atoms with van der Waals surface area (Å²) in [5.41, 5.74) is 0.923. The molecule has 102 valence electrons. The lowest BCUT2D eigenvalue weighted by Crippen LogP contribution is -2.14. The molecule has 0 saturated heterocycles. The second-order valence-electron chi connectivity index (χ2n) is 3.64. The van der Waals surface area contributed by atoms with Crippen molar-refractivity contribution in [2.24, 2.45) is 0 Å². The van der Waals surface area contributed by atoms with Crippen molar-refractivity contribution in [1.82, 2.24) is 0 Å². The van der Waals surface area contributed by atoms with Crippen molar-refractivity contribution in [3.8, 4) is 0 Å². The summed E-state index contributed by atoms with van der Waals surface area (Å²) in [4.78, 5) is 32.7. The van der Waals surface area contributed by atoms with Gasteiger partial charge >= 0.3 is 12.1 Å². The first-order chi connectivity index (χ1) is 9.01. The Hall–Kier alpha value is -2.57. The molecule has 0 heterocycles. The third-order valence-corrected chi connectivity index (χ3v) is 2.14. The zero-order valence-corrected chi connectivity index (χ0v) is 10.3. The van der Waals surface area contributed by atoms with Crippen LogP contribution in [0.25, 0.3) is 0 Å². The van der Waals surface area contributed by atoms with Gasteiger partial charge in [0.25, 0.3) is 0 Å². The second-order valence-corrected chi connectivity index (χ2v) is 3.64. The van der Waals surface area contributed by atoms with E-state index in [1.807, 2.05) is 0 Å². The number of methoxy groups -OCH3 is 1. The summed E-state index contributed by atoms with van der Waals surface area (Å²) < 4.78 is 4.44. The van der Waals surface area contributed by atoms with Crippen molar-refractivity contribution >= 4 is 29.3 Å². The molecular formula is C12H14N2O5. The minimum atomic E-state index is -1.03. The number of carbonyl (C=O) groups is 3. The maximum absolute atomic E-state index is 11.4. The molecule has 0 aliphatic carbocycles. The Balaban J connectivity index is 2.59. The molecule has 0 aromatic heterocycles. The predicted octanol–water partition coefficient (Wildman–Crippen LogP) is 1.67. The van der Waals surface area contributed by atoms with Crippen LogP contribution in [0, 0.1) is 0 Å². The summed E-state index contributed by atoms with van der Waals surface area (Å²) in [5, 5.41) is 13.4. The lowest BCUT2D eigenvalue weighted by molar-refractivity contribution is -0.138. The van der Waals surface area contributed by atoms with E-state index in [9.17, 15) is 14.4 Å². The third-order valence-electron chi connectivity index (χ3n) is 2.14. The first-order valence-electron chi connectivity index (χ1n) is 5.48. The molecule has 0 saturated carbocycles. The van der Waals surface area contributed by atoms with Gasteiger partial charge in [0.05, 0.1) is 13.5 Å². The van der Waals surface area contributed by atoms with Crippen molar-refractivity contribution in [1.29, 1.82) is 0 Å². The first kappa shape index (κ1) is 14.5. The lowest BCUT2D eigenvalue weighted by Gasteiger charge is -2.07. The van der Waals surface area contributed by atoms with Crippen LogP contribution < -0.4 is 10.6 Å². The first-order valence-corrected chi connectivity index (χ1v) is 5.48. The average Bonchev–Trinajstić information content (AvgIpc) is 2.36. The summed E-state index contributed by atoms with van der Waals surface area (Å²) in [7, 11) is 1.24. The number of amides is 2. The maximum Gasteiger partial charge on any atom is 0.411 e. The van der Waals surface area contributed by atoms with Crippen LogP contribution in [0.2, 0.25) is 0 Å². The molecule has 0 atom stereocenters. The average molecular weight is 266 g/mol. The molecule has 0 fully saturated rings. The van der Waals surface area contributed by atoms with Gasteiger partial charge in [-0.25, -0.2) is 4.79 Å². The number of aliphatic carboxylic acids is 1. The summed E-state index contributed by atoms with van der Waals surface area (Å²) in [6.07, 6.45) is -0.954. The van der Waals surface area contributed by atoms with Gasteiger partial charge < -0.3 is 15.2 Å². The van der Waals surface area contributed by atoms with Crippen LogP contribution in [0.3, 0.4) is 0 Å². The molecule has 0 radical (unpaired) electrons. The molecule has 0 aliphatic rings. The number of rotatable bonds is 5. The van der Waals surface area contributed by atoms with Crippen molar-refractivity contribution in [3.63, 3.8) is 0 Å². The second kappa shape index (κ2) is 7.00. The molecule has 19 heavy (non-hydrogen) atoms. The fraction of sp³-hybridized carbons (Fsp3) is 0.250. The minimum absolute atomic E-state index is 0.107. The highest BCUT2D eigenvalue weighted by Crippen LogP contribution is 2.15. The van der Waals surface area contributed by atoms with Gasteiger partial charge in [0.1, 0.15) is 0 Å². The Morgan fingerprint density at radius 1 is 1.16 bits per heavy atom. The van der Waals surface area contributed by atoms with E-state index in [-0.39, 0.29) is 12.8 Å². The SMILES string of the molecule is COC(=O)Nc1cccc(NC(=O)CCC(=O)O)c1. The Morgan fingerprint density at radius 3 is 2.37 bits per heavy atom. The molecule has 0 aliphatic heterocycles. The summed E-state index contributed by atoms with van der Waals surface area (Å²) in [5.74, 6) is -1.44. The van der Waals surface area contributed by atoms with Gasteiger partial charge in [0.15, 0.2) is 0 Å². The zero-order chi connectivity index (χ0) is 14.3. The standard InChI is InChI=1S/C12H14N2O5/c1-19-12(18)14-9-4-2-3-8(7-9)13-10(15)5-6-11(16)17/h2-4,7H,5-6H2,1H3,(H,13,15)(H,14,18)(H,16,17). The highest BCUT2D eigenvalue weighted by Gasteiger charge is 2.07. The van der Waals surface area contributed by atoms with Crippen LogP contribution in [-0.2, 0) is 14.3 Å². The number of carboxylic acid groups (broad SMARTS) is 1. The van der Waals surface area contributed by atoms with E-state index in [1.54, 1.807) is 18.2 Å². The number of anilines is 2.